The second-order valence-electron chi connectivity index (χ2n) is 4.42. The fourth-order valence-corrected chi connectivity index (χ4v) is 2.91. The van der Waals surface area contributed by atoms with Gasteiger partial charge in [-0.3, -0.25) is 0 Å². The Morgan fingerprint density at radius 3 is 2.65 bits per heavy atom. The second kappa shape index (κ2) is 5.93. The van der Waals surface area contributed by atoms with Crippen LogP contribution in [0.4, 0.5) is 13.2 Å². The lowest BCUT2D eigenvalue weighted by Crippen LogP contribution is -2.04. The molecule has 108 valence electrons. The summed E-state index contributed by atoms with van der Waals surface area (Å²) in [6, 6.07) is 5.24. The summed E-state index contributed by atoms with van der Waals surface area (Å²) in [7, 11) is 0. The first kappa shape index (κ1) is 15.0. The van der Waals surface area contributed by atoms with Crippen LogP contribution >= 0.6 is 11.3 Å². The summed E-state index contributed by atoms with van der Waals surface area (Å²) >= 11 is 1.37. The maximum Gasteiger partial charge on any atom is 0.416 e. The van der Waals surface area contributed by atoms with Crippen LogP contribution in [-0.2, 0) is 19.1 Å². The van der Waals surface area contributed by atoms with Crippen LogP contribution in [0.15, 0.2) is 24.3 Å². The fourth-order valence-electron chi connectivity index (χ4n) is 1.93. The Bertz CT molecular complexity index is 590. The summed E-state index contributed by atoms with van der Waals surface area (Å²) in [6.07, 6.45) is -2.61. The Hall–Kier alpha value is -1.40. The average molecular weight is 300 g/mol. The van der Waals surface area contributed by atoms with Crippen molar-refractivity contribution >= 4 is 11.3 Å². The van der Waals surface area contributed by atoms with Gasteiger partial charge in [-0.25, -0.2) is 4.98 Å². The Morgan fingerprint density at radius 2 is 2.05 bits per heavy atom. The van der Waals surface area contributed by atoms with E-state index in [0.29, 0.717) is 17.1 Å². The third kappa shape index (κ3) is 3.19. The van der Waals surface area contributed by atoms with Crippen molar-refractivity contribution in [1.29, 1.82) is 0 Å². The first-order valence-corrected chi connectivity index (χ1v) is 7.13. The zero-order valence-electron chi connectivity index (χ0n) is 11.0. The highest BCUT2D eigenvalue weighted by molar-refractivity contribution is 7.15. The van der Waals surface area contributed by atoms with Crippen molar-refractivity contribution < 1.29 is 13.2 Å². The Morgan fingerprint density at radius 1 is 1.30 bits per heavy atom. The molecule has 1 aromatic carbocycles. The second-order valence-corrected chi connectivity index (χ2v) is 5.51. The van der Waals surface area contributed by atoms with Crippen molar-refractivity contribution in [2.45, 2.75) is 32.5 Å². The van der Waals surface area contributed by atoms with Gasteiger partial charge in [0.05, 0.1) is 11.3 Å². The van der Waals surface area contributed by atoms with Crippen LogP contribution < -0.4 is 5.73 Å². The van der Waals surface area contributed by atoms with Crippen molar-refractivity contribution in [3.63, 3.8) is 0 Å². The van der Waals surface area contributed by atoms with Crippen LogP contribution in [0.1, 0.15) is 29.5 Å². The Balaban J connectivity index is 2.41. The van der Waals surface area contributed by atoms with Gasteiger partial charge >= 0.3 is 6.18 Å². The number of halogens is 3. The van der Waals surface area contributed by atoms with E-state index in [1.165, 1.54) is 17.4 Å². The molecule has 0 radical (unpaired) electrons. The molecule has 20 heavy (non-hydrogen) atoms. The van der Waals surface area contributed by atoms with Crippen molar-refractivity contribution in [3.05, 3.63) is 40.4 Å². The van der Waals surface area contributed by atoms with Gasteiger partial charge in [-0.2, -0.15) is 13.2 Å². The molecule has 2 aromatic rings. The number of benzene rings is 1. The zero-order chi connectivity index (χ0) is 14.8. The van der Waals surface area contributed by atoms with E-state index < -0.39 is 11.7 Å². The highest BCUT2D eigenvalue weighted by Crippen LogP contribution is 2.34. The van der Waals surface area contributed by atoms with E-state index in [9.17, 15) is 13.2 Å². The monoisotopic (exact) mass is 300 g/mol. The van der Waals surface area contributed by atoms with Gasteiger partial charge in [-0.05, 0) is 18.6 Å². The molecule has 0 spiro atoms. The first-order chi connectivity index (χ1) is 9.45. The summed E-state index contributed by atoms with van der Waals surface area (Å²) in [6.45, 7) is 2.40. The van der Waals surface area contributed by atoms with Crippen LogP contribution in [0.25, 0.3) is 10.6 Å². The number of thiazole rings is 1. The van der Waals surface area contributed by atoms with Gasteiger partial charge in [0.2, 0.25) is 0 Å². The van der Waals surface area contributed by atoms with Crippen molar-refractivity contribution in [2.24, 2.45) is 5.73 Å². The molecule has 2 N–H and O–H groups in total. The lowest BCUT2D eigenvalue weighted by atomic mass is 10.1. The van der Waals surface area contributed by atoms with E-state index in [1.54, 1.807) is 6.07 Å². The molecule has 0 fully saturated rings. The minimum Gasteiger partial charge on any atom is -0.326 e. The van der Waals surface area contributed by atoms with E-state index in [4.69, 9.17) is 5.73 Å². The number of hydrogen-bond donors (Lipinski definition) is 1. The molecule has 2 rings (SSSR count). The molecule has 1 aromatic heterocycles. The summed E-state index contributed by atoms with van der Waals surface area (Å²) in [5, 5.41) is 0.597. The number of rotatable bonds is 4. The summed E-state index contributed by atoms with van der Waals surface area (Å²) < 4.78 is 38.2. The van der Waals surface area contributed by atoms with Gasteiger partial charge < -0.3 is 5.73 Å². The lowest BCUT2D eigenvalue weighted by Gasteiger charge is -2.07. The minimum absolute atomic E-state index is 0.367. The predicted molar refractivity (Wildman–Crippen MR) is 74.4 cm³/mol. The van der Waals surface area contributed by atoms with Gasteiger partial charge in [0.15, 0.2) is 0 Å². The number of nitrogens with zero attached hydrogens (tertiary/aromatic N) is 1. The van der Waals surface area contributed by atoms with E-state index in [2.05, 4.69) is 4.98 Å². The van der Waals surface area contributed by atoms with Gasteiger partial charge in [-0.15, -0.1) is 11.3 Å². The SMILES string of the molecule is CCCc1nc(-c2cccc(C(F)(F)F)c2)sc1CN. The van der Waals surface area contributed by atoms with Gasteiger partial charge in [0.25, 0.3) is 0 Å². The van der Waals surface area contributed by atoms with E-state index in [-0.39, 0.29) is 0 Å². The predicted octanol–water partition coefficient (Wildman–Crippen LogP) is 4.24. The zero-order valence-corrected chi connectivity index (χ0v) is 11.8. The third-order valence-corrected chi connectivity index (χ3v) is 4.06. The molecule has 0 saturated heterocycles. The molecular weight excluding hydrogens is 285 g/mol. The van der Waals surface area contributed by atoms with Crippen molar-refractivity contribution in [1.82, 2.24) is 4.98 Å². The van der Waals surface area contributed by atoms with E-state index in [0.717, 1.165) is 35.5 Å². The maximum atomic E-state index is 12.7. The molecule has 0 atom stereocenters. The Labute approximate surface area is 119 Å². The highest BCUT2D eigenvalue weighted by atomic mass is 32.1. The molecule has 2 nitrogen and oxygen atoms in total. The van der Waals surface area contributed by atoms with Gasteiger partial charge in [-0.1, -0.05) is 25.5 Å². The average Bonchev–Trinajstić information content (AvgIpc) is 2.82. The maximum absolute atomic E-state index is 12.7. The smallest absolute Gasteiger partial charge is 0.326 e. The van der Waals surface area contributed by atoms with Crippen LogP contribution in [0.5, 0.6) is 0 Å². The van der Waals surface area contributed by atoms with Crippen LogP contribution in [0.3, 0.4) is 0 Å². The number of alkyl halides is 3. The molecule has 0 unspecified atom stereocenters. The molecule has 1 heterocycles. The molecular formula is C14H15F3N2S. The van der Waals surface area contributed by atoms with Crippen molar-refractivity contribution in [2.75, 3.05) is 0 Å². The van der Waals surface area contributed by atoms with E-state index in [1.807, 2.05) is 6.92 Å². The number of aromatic nitrogens is 1. The Kier molecular flexibility index (Phi) is 4.45. The highest BCUT2D eigenvalue weighted by Gasteiger charge is 2.30. The molecule has 0 aliphatic carbocycles. The molecule has 0 bridgehead atoms. The van der Waals surface area contributed by atoms with Gasteiger partial charge in [0, 0.05) is 17.0 Å². The topological polar surface area (TPSA) is 38.9 Å². The number of hydrogen-bond acceptors (Lipinski definition) is 3. The first-order valence-electron chi connectivity index (χ1n) is 6.32. The van der Waals surface area contributed by atoms with Crippen molar-refractivity contribution in [3.8, 4) is 10.6 Å². The molecule has 0 amide bonds. The largest absolute Gasteiger partial charge is 0.416 e. The van der Waals surface area contributed by atoms with Crippen LogP contribution in [0.2, 0.25) is 0 Å². The summed E-state index contributed by atoms with van der Waals surface area (Å²) in [5.41, 5.74) is 6.39. The lowest BCUT2D eigenvalue weighted by molar-refractivity contribution is -0.137. The third-order valence-electron chi connectivity index (χ3n) is 2.89. The number of aryl methyl sites for hydroxylation is 1. The summed E-state index contributed by atoms with van der Waals surface area (Å²) in [5.74, 6) is 0. The fraction of sp³-hybridized carbons (Fsp3) is 0.357. The molecule has 0 aliphatic heterocycles. The number of nitrogens with two attached hydrogens (primary N) is 1. The molecule has 0 saturated carbocycles. The summed E-state index contributed by atoms with van der Waals surface area (Å²) in [4.78, 5) is 5.38. The quantitative estimate of drug-likeness (QED) is 0.917. The minimum atomic E-state index is -4.34. The standard InChI is InChI=1S/C14H15F3N2S/c1-2-4-11-12(8-18)20-13(19-11)9-5-3-6-10(7-9)14(15,16)17/h3,5-7H,2,4,8,18H2,1H3. The van der Waals surface area contributed by atoms with Crippen LogP contribution in [-0.4, -0.2) is 4.98 Å². The van der Waals surface area contributed by atoms with E-state index >= 15 is 0 Å². The van der Waals surface area contributed by atoms with Crippen LogP contribution in [0, 0.1) is 0 Å². The molecule has 6 heteroatoms. The van der Waals surface area contributed by atoms with Gasteiger partial charge in [0.1, 0.15) is 5.01 Å². The normalized spacial score (nSPS) is 11.8. The molecule has 0 aliphatic rings.